The van der Waals surface area contributed by atoms with Crippen LogP contribution in [0.1, 0.15) is 32.5 Å². The molecule has 21 heavy (non-hydrogen) atoms. The van der Waals surface area contributed by atoms with Gasteiger partial charge in [-0.2, -0.15) is 0 Å². The summed E-state index contributed by atoms with van der Waals surface area (Å²) in [6.45, 7) is 4.99. The molecular formula is C17H21N3O. The topological polar surface area (TPSA) is 47.0 Å². The zero-order valence-electron chi connectivity index (χ0n) is 12.6. The first-order valence-corrected chi connectivity index (χ1v) is 7.67. The third kappa shape index (κ3) is 3.51. The number of nitrogens with zero attached hydrogens (tertiary/aromatic N) is 2. The average Bonchev–Trinajstić information content (AvgIpc) is 3.31. The lowest BCUT2D eigenvalue weighted by molar-refractivity contribution is 0.303. The molecule has 1 aliphatic carbocycles. The molecule has 1 heterocycles. The van der Waals surface area contributed by atoms with E-state index < -0.39 is 0 Å². The molecule has 2 aromatic rings. The Labute approximate surface area is 125 Å². The molecule has 1 N–H and O–H groups in total. The van der Waals surface area contributed by atoms with Gasteiger partial charge in [0.15, 0.2) is 0 Å². The van der Waals surface area contributed by atoms with Gasteiger partial charge in [-0.25, -0.2) is 9.97 Å². The minimum atomic E-state index is 0.411. The zero-order valence-corrected chi connectivity index (χ0v) is 12.6. The van der Waals surface area contributed by atoms with Gasteiger partial charge in [0, 0.05) is 24.6 Å². The van der Waals surface area contributed by atoms with Crippen molar-refractivity contribution in [3.05, 3.63) is 36.2 Å². The zero-order chi connectivity index (χ0) is 14.7. The van der Waals surface area contributed by atoms with Crippen LogP contribution in [-0.2, 0) is 6.42 Å². The molecule has 1 aliphatic rings. The predicted octanol–water partition coefficient (Wildman–Crippen LogP) is 3.68. The van der Waals surface area contributed by atoms with Gasteiger partial charge in [0.25, 0.3) is 0 Å². The van der Waals surface area contributed by atoms with Crippen LogP contribution >= 0.6 is 0 Å². The van der Waals surface area contributed by atoms with Crippen LogP contribution in [0, 0.1) is 0 Å². The maximum Gasteiger partial charge on any atom is 0.131 e. The van der Waals surface area contributed by atoms with Crippen LogP contribution < -0.4 is 10.1 Å². The van der Waals surface area contributed by atoms with Gasteiger partial charge in [0.1, 0.15) is 17.4 Å². The molecule has 0 saturated heterocycles. The van der Waals surface area contributed by atoms with Crippen LogP contribution in [0.25, 0.3) is 11.3 Å². The molecule has 1 aromatic heterocycles. The van der Waals surface area contributed by atoms with Gasteiger partial charge in [-0.05, 0) is 31.9 Å². The molecular weight excluding hydrogens is 262 g/mol. The smallest absolute Gasteiger partial charge is 0.131 e. The van der Waals surface area contributed by atoms with Crippen molar-refractivity contribution >= 4 is 5.82 Å². The Morgan fingerprint density at radius 2 is 2.05 bits per heavy atom. The highest BCUT2D eigenvalue weighted by atomic mass is 16.5. The second kappa shape index (κ2) is 6.12. The summed E-state index contributed by atoms with van der Waals surface area (Å²) in [4.78, 5) is 9.13. The molecule has 110 valence electrons. The first-order chi connectivity index (χ1) is 10.3. The summed E-state index contributed by atoms with van der Waals surface area (Å²) in [5.74, 6) is 2.67. The quantitative estimate of drug-likeness (QED) is 0.878. The lowest BCUT2D eigenvalue weighted by Crippen LogP contribution is -2.04. The second-order valence-corrected chi connectivity index (χ2v) is 5.28. The highest BCUT2D eigenvalue weighted by molar-refractivity contribution is 5.64. The minimum Gasteiger partial charge on any atom is -0.490 e. The Balaban J connectivity index is 1.92. The van der Waals surface area contributed by atoms with Crippen molar-refractivity contribution in [1.29, 1.82) is 0 Å². The van der Waals surface area contributed by atoms with E-state index in [1.807, 2.05) is 18.2 Å². The molecule has 0 spiro atoms. The van der Waals surface area contributed by atoms with Crippen LogP contribution in [0.2, 0.25) is 0 Å². The fourth-order valence-electron chi connectivity index (χ4n) is 2.18. The number of benzene rings is 1. The van der Waals surface area contributed by atoms with Crippen LogP contribution in [0.15, 0.2) is 30.3 Å². The first-order valence-electron chi connectivity index (χ1n) is 7.67. The first kappa shape index (κ1) is 13.9. The number of aromatic nitrogens is 2. The van der Waals surface area contributed by atoms with E-state index in [4.69, 9.17) is 4.74 Å². The highest BCUT2D eigenvalue weighted by Crippen LogP contribution is 2.29. The Bertz CT molecular complexity index is 623. The van der Waals surface area contributed by atoms with E-state index >= 15 is 0 Å². The number of anilines is 1. The van der Waals surface area contributed by atoms with Crippen LogP contribution in [-0.4, -0.2) is 22.6 Å². The van der Waals surface area contributed by atoms with Crippen molar-refractivity contribution in [3.63, 3.8) is 0 Å². The number of hydrogen-bond acceptors (Lipinski definition) is 4. The number of hydrogen-bond donors (Lipinski definition) is 1. The molecule has 1 aromatic carbocycles. The third-order valence-corrected chi connectivity index (χ3v) is 3.40. The largest absolute Gasteiger partial charge is 0.490 e. The summed E-state index contributed by atoms with van der Waals surface area (Å²) in [5.41, 5.74) is 2.02. The fraction of sp³-hybridized carbons (Fsp3) is 0.412. The van der Waals surface area contributed by atoms with Crippen molar-refractivity contribution in [1.82, 2.24) is 9.97 Å². The fourth-order valence-corrected chi connectivity index (χ4v) is 2.18. The molecule has 0 amide bonds. The normalized spacial score (nSPS) is 14.0. The van der Waals surface area contributed by atoms with Gasteiger partial charge >= 0.3 is 0 Å². The van der Waals surface area contributed by atoms with E-state index in [0.717, 1.165) is 41.6 Å². The molecule has 4 nitrogen and oxygen atoms in total. The van der Waals surface area contributed by atoms with E-state index in [-0.39, 0.29) is 0 Å². The number of nitrogens with one attached hydrogen (secondary N) is 1. The molecule has 0 unspecified atom stereocenters. The molecule has 0 radical (unpaired) electrons. The van der Waals surface area contributed by atoms with E-state index in [0.29, 0.717) is 6.10 Å². The molecule has 4 heteroatoms. The van der Waals surface area contributed by atoms with Crippen molar-refractivity contribution in [2.24, 2.45) is 0 Å². The van der Waals surface area contributed by atoms with E-state index in [1.54, 1.807) is 0 Å². The van der Waals surface area contributed by atoms with Crippen molar-refractivity contribution in [3.8, 4) is 17.0 Å². The van der Waals surface area contributed by atoms with Gasteiger partial charge in [0.2, 0.25) is 0 Å². The summed E-state index contributed by atoms with van der Waals surface area (Å²) in [6, 6.07) is 10.2. The van der Waals surface area contributed by atoms with Crippen LogP contribution in [0.5, 0.6) is 5.75 Å². The molecule has 3 rings (SSSR count). The minimum absolute atomic E-state index is 0.411. The van der Waals surface area contributed by atoms with Crippen molar-refractivity contribution in [2.45, 2.75) is 39.2 Å². The summed E-state index contributed by atoms with van der Waals surface area (Å²) in [6.07, 6.45) is 3.57. The third-order valence-electron chi connectivity index (χ3n) is 3.40. The monoisotopic (exact) mass is 283 g/mol. The summed E-state index contributed by atoms with van der Waals surface area (Å²) >= 11 is 0. The average molecular weight is 283 g/mol. The predicted molar refractivity (Wildman–Crippen MR) is 84.7 cm³/mol. The van der Waals surface area contributed by atoms with Crippen molar-refractivity contribution < 1.29 is 4.74 Å². The van der Waals surface area contributed by atoms with Crippen molar-refractivity contribution in [2.75, 3.05) is 11.9 Å². The summed E-state index contributed by atoms with van der Waals surface area (Å²) in [5, 5.41) is 3.27. The van der Waals surface area contributed by atoms with Gasteiger partial charge in [-0.15, -0.1) is 0 Å². The second-order valence-electron chi connectivity index (χ2n) is 5.28. The maximum atomic E-state index is 5.86. The SMILES string of the molecule is CCNc1cc(-c2cccc(OC3CC3)c2)nc(CC)n1. The Hall–Kier alpha value is -2.10. The van der Waals surface area contributed by atoms with E-state index in [1.165, 1.54) is 12.8 Å². The molecule has 0 atom stereocenters. The van der Waals surface area contributed by atoms with E-state index in [2.05, 4.69) is 41.3 Å². The Morgan fingerprint density at radius 1 is 1.19 bits per heavy atom. The molecule has 0 aliphatic heterocycles. The summed E-state index contributed by atoms with van der Waals surface area (Å²) < 4.78 is 5.86. The number of rotatable bonds is 6. The molecule has 1 fully saturated rings. The van der Waals surface area contributed by atoms with Crippen LogP contribution in [0.4, 0.5) is 5.82 Å². The number of ether oxygens (including phenoxy) is 1. The van der Waals surface area contributed by atoms with Gasteiger partial charge in [0.05, 0.1) is 11.8 Å². The van der Waals surface area contributed by atoms with Gasteiger partial charge in [-0.3, -0.25) is 0 Å². The molecule has 0 bridgehead atoms. The standard InChI is InChI=1S/C17H21N3O/c1-3-16-19-15(11-17(20-16)18-4-2)12-6-5-7-14(10-12)21-13-8-9-13/h5-7,10-11,13H,3-4,8-9H2,1-2H3,(H,18,19,20). The number of aryl methyl sites for hydroxylation is 1. The summed E-state index contributed by atoms with van der Waals surface area (Å²) in [7, 11) is 0. The molecule has 1 saturated carbocycles. The lowest BCUT2D eigenvalue weighted by atomic mass is 10.1. The Kier molecular flexibility index (Phi) is 4.04. The van der Waals surface area contributed by atoms with Crippen LogP contribution in [0.3, 0.4) is 0 Å². The van der Waals surface area contributed by atoms with E-state index in [9.17, 15) is 0 Å². The maximum absolute atomic E-state index is 5.86. The van der Waals surface area contributed by atoms with Gasteiger partial charge < -0.3 is 10.1 Å². The Morgan fingerprint density at radius 3 is 2.76 bits per heavy atom. The van der Waals surface area contributed by atoms with Gasteiger partial charge in [-0.1, -0.05) is 19.1 Å². The lowest BCUT2D eigenvalue weighted by Gasteiger charge is -2.10. The highest BCUT2D eigenvalue weighted by Gasteiger charge is 2.23.